The van der Waals surface area contributed by atoms with Gasteiger partial charge in [0.1, 0.15) is 16.5 Å². The third-order valence-electron chi connectivity index (χ3n) is 7.52. The van der Waals surface area contributed by atoms with Gasteiger partial charge < -0.3 is 14.7 Å². The van der Waals surface area contributed by atoms with Crippen molar-refractivity contribution in [1.29, 1.82) is 0 Å². The van der Waals surface area contributed by atoms with Crippen LogP contribution in [-0.4, -0.2) is 53.3 Å². The average molecular weight is 650 g/mol. The highest BCUT2D eigenvalue weighted by Crippen LogP contribution is 2.34. The Kier molecular flexibility index (Phi) is 9.40. The predicted molar refractivity (Wildman–Crippen MR) is 159 cm³/mol. The standard InChI is InChI=1S/C32H29F6N3O3S/c1-20-18-22(4-11-27(20)42)28(43)12-13-29-26(39-30(45-29)21-2-5-23(6-3-21)31(33,34)35)19-40-14-16-41(17-15-40)24-7-9-25(10-8-24)44-32(36,37)38/h2-11,18,42H,12-17,19H2,1H3. The number of aromatic hydroxyl groups is 1. The Morgan fingerprint density at radius 1 is 0.933 bits per heavy atom. The molecule has 0 spiro atoms. The first-order chi connectivity index (χ1) is 21.2. The van der Waals surface area contributed by atoms with Crippen molar-refractivity contribution >= 4 is 22.8 Å². The van der Waals surface area contributed by atoms with Crippen LogP contribution in [0.2, 0.25) is 0 Å². The molecule has 1 N–H and O–H groups in total. The highest BCUT2D eigenvalue weighted by atomic mass is 32.1. The number of piperazine rings is 1. The van der Waals surface area contributed by atoms with Crippen molar-refractivity contribution < 1.29 is 41.0 Å². The second-order valence-corrected chi connectivity index (χ2v) is 11.8. The van der Waals surface area contributed by atoms with Crippen LogP contribution in [0.3, 0.4) is 0 Å². The van der Waals surface area contributed by atoms with E-state index >= 15 is 0 Å². The lowest BCUT2D eigenvalue weighted by molar-refractivity contribution is -0.274. The Hall–Kier alpha value is -4.10. The van der Waals surface area contributed by atoms with Gasteiger partial charge in [-0.3, -0.25) is 9.69 Å². The maximum atomic E-state index is 13.1. The first-order valence-corrected chi connectivity index (χ1v) is 14.9. The number of phenolic OH excluding ortho intramolecular Hbond substituents is 1. The second-order valence-electron chi connectivity index (χ2n) is 10.7. The molecule has 0 saturated carbocycles. The van der Waals surface area contributed by atoms with E-state index in [9.17, 15) is 36.2 Å². The summed E-state index contributed by atoms with van der Waals surface area (Å²) in [5, 5.41) is 10.4. The number of aromatic nitrogens is 1. The van der Waals surface area contributed by atoms with Gasteiger partial charge in [-0.25, -0.2) is 4.98 Å². The maximum Gasteiger partial charge on any atom is 0.573 e. The van der Waals surface area contributed by atoms with Crippen LogP contribution in [-0.2, 0) is 19.1 Å². The summed E-state index contributed by atoms with van der Waals surface area (Å²) in [5.41, 5.74) is 2.38. The van der Waals surface area contributed by atoms with E-state index in [1.165, 1.54) is 41.7 Å². The van der Waals surface area contributed by atoms with Gasteiger partial charge in [-0.2, -0.15) is 13.2 Å². The number of aryl methyl sites for hydroxylation is 2. The number of rotatable bonds is 9. The molecule has 0 atom stereocenters. The molecule has 1 fully saturated rings. The number of hydrogen-bond acceptors (Lipinski definition) is 7. The Morgan fingerprint density at radius 2 is 1.60 bits per heavy atom. The molecule has 4 aromatic rings. The quantitative estimate of drug-likeness (QED) is 0.147. The smallest absolute Gasteiger partial charge is 0.508 e. The summed E-state index contributed by atoms with van der Waals surface area (Å²) in [4.78, 5) is 22.9. The normalized spacial score (nSPS) is 14.5. The molecular weight excluding hydrogens is 620 g/mol. The zero-order chi connectivity index (χ0) is 32.4. The number of halogens is 6. The van der Waals surface area contributed by atoms with Gasteiger partial charge >= 0.3 is 12.5 Å². The fraction of sp³-hybridized carbons (Fsp3) is 0.312. The number of Topliss-reactive ketones (excluding diaryl/α,β-unsaturated/α-hetero) is 1. The Morgan fingerprint density at radius 3 is 2.20 bits per heavy atom. The molecule has 0 radical (unpaired) electrons. The van der Waals surface area contributed by atoms with Crippen molar-refractivity contribution in [2.45, 2.75) is 38.8 Å². The molecule has 5 rings (SSSR count). The average Bonchev–Trinajstić information content (AvgIpc) is 3.39. The van der Waals surface area contributed by atoms with E-state index in [4.69, 9.17) is 4.98 Å². The van der Waals surface area contributed by atoms with Crippen LogP contribution in [0.15, 0.2) is 66.7 Å². The maximum absolute atomic E-state index is 13.1. The lowest BCUT2D eigenvalue weighted by atomic mass is 10.0. The van der Waals surface area contributed by atoms with Gasteiger partial charge in [0.15, 0.2) is 5.78 Å². The van der Waals surface area contributed by atoms with Crippen molar-refractivity contribution in [2.24, 2.45) is 0 Å². The second kappa shape index (κ2) is 13.1. The van der Waals surface area contributed by atoms with E-state index in [-0.39, 0.29) is 23.7 Å². The molecule has 238 valence electrons. The van der Waals surface area contributed by atoms with Crippen molar-refractivity contribution in [3.05, 3.63) is 94.0 Å². The van der Waals surface area contributed by atoms with Gasteiger partial charge in [-0.1, -0.05) is 12.1 Å². The number of carbonyl (C=O) groups is 1. The molecule has 1 saturated heterocycles. The van der Waals surface area contributed by atoms with Gasteiger partial charge in [0.25, 0.3) is 0 Å². The van der Waals surface area contributed by atoms with Crippen LogP contribution in [0.1, 0.15) is 38.5 Å². The number of phenols is 1. The van der Waals surface area contributed by atoms with E-state index in [0.717, 1.165) is 28.4 Å². The number of carbonyl (C=O) groups excluding carboxylic acids is 1. The molecule has 13 heteroatoms. The lowest BCUT2D eigenvalue weighted by Crippen LogP contribution is -2.46. The number of alkyl halides is 6. The zero-order valence-corrected chi connectivity index (χ0v) is 24.9. The van der Waals surface area contributed by atoms with Crippen molar-refractivity contribution in [1.82, 2.24) is 9.88 Å². The number of hydrogen-bond donors (Lipinski definition) is 1. The van der Waals surface area contributed by atoms with Gasteiger partial charge in [0.05, 0.1) is 11.3 Å². The molecule has 0 unspecified atom stereocenters. The van der Waals surface area contributed by atoms with E-state index in [1.807, 2.05) is 0 Å². The summed E-state index contributed by atoms with van der Waals surface area (Å²) in [7, 11) is 0. The number of thiazole rings is 1. The summed E-state index contributed by atoms with van der Waals surface area (Å²) in [5.74, 6) is -0.289. The Labute approximate surface area is 259 Å². The lowest BCUT2D eigenvalue weighted by Gasteiger charge is -2.36. The minimum absolute atomic E-state index is 0.102. The summed E-state index contributed by atoms with van der Waals surface area (Å²) in [6, 6.07) is 15.2. The van der Waals surface area contributed by atoms with Crippen LogP contribution < -0.4 is 9.64 Å². The minimum Gasteiger partial charge on any atom is -0.508 e. The molecular formula is C32H29F6N3O3S. The third kappa shape index (κ3) is 8.34. The van der Waals surface area contributed by atoms with E-state index < -0.39 is 18.1 Å². The zero-order valence-electron chi connectivity index (χ0n) is 24.1. The topological polar surface area (TPSA) is 65.9 Å². The molecule has 45 heavy (non-hydrogen) atoms. The molecule has 3 aromatic carbocycles. The Balaban J connectivity index is 1.29. The number of benzene rings is 3. The van der Waals surface area contributed by atoms with E-state index in [1.54, 1.807) is 31.2 Å². The van der Waals surface area contributed by atoms with Gasteiger partial charge in [0, 0.05) is 60.8 Å². The van der Waals surface area contributed by atoms with Crippen LogP contribution in [0, 0.1) is 6.92 Å². The van der Waals surface area contributed by atoms with Crippen LogP contribution in [0.25, 0.3) is 10.6 Å². The SMILES string of the molecule is Cc1cc(C(=O)CCc2sc(-c3ccc(C(F)(F)F)cc3)nc2CN2CCN(c3ccc(OC(F)(F)F)cc3)CC2)ccc1O. The largest absolute Gasteiger partial charge is 0.573 e. The highest BCUT2D eigenvalue weighted by Gasteiger charge is 2.31. The van der Waals surface area contributed by atoms with Gasteiger partial charge in [0.2, 0.25) is 0 Å². The number of ketones is 1. The monoisotopic (exact) mass is 649 g/mol. The molecule has 1 aliphatic heterocycles. The van der Waals surface area contributed by atoms with Crippen LogP contribution in [0.4, 0.5) is 32.0 Å². The third-order valence-corrected chi connectivity index (χ3v) is 8.72. The van der Waals surface area contributed by atoms with Crippen molar-refractivity contribution in [3.8, 4) is 22.1 Å². The minimum atomic E-state index is -4.76. The molecule has 1 aromatic heterocycles. The highest BCUT2D eigenvalue weighted by molar-refractivity contribution is 7.15. The first-order valence-electron chi connectivity index (χ1n) is 14.1. The molecule has 0 aliphatic carbocycles. The van der Waals surface area contributed by atoms with Gasteiger partial charge in [-0.15, -0.1) is 24.5 Å². The first kappa shape index (κ1) is 32.3. The van der Waals surface area contributed by atoms with Crippen molar-refractivity contribution in [2.75, 3.05) is 31.1 Å². The van der Waals surface area contributed by atoms with Gasteiger partial charge in [-0.05, 0) is 73.5 Å². The number of ether oxygens (including phenoxy) is 1. The van der Waals surface area contributed by atoms with Crippen LogP contribution in [0.5, 0.6) is 11.5 Å². The molecule has 0 bridgehead atoms. The molecule has 0 amide bonds. The van der Waals surface area contributed by atoms with E-state index in [2.05, 4.69) is 14.5 Å². The number of anilines is 1. The number of nitrogens with zero attached hydrogens (tertiary/aromatic N) is 3. The van der Waals surface area contributed by atoms with Crippen molar-refractivity contribution in [3.63, 3.8) is 0 Å². The summed E-state index contributed by atoms with van der Waals surface area (Å²) < 4.78 is 80.8. The fourth-order valence-electron chi connectivity index (χ4n) is 5.06. The Bertz CT molecular complexity index is 1630. The van der Waals surface area contributed by atoms with Crippen LogP contribution >= 0.6 is 11.3 Å². The summed E-state index contributed by atoms with van der Waals surface area (Å²) in [6.07, 6.45) is -8.63. The summed E-state index contributed by atoms with van der Waals surface area (Å²) in [6.45, 7) is 4.68. The predicted octanol–water partition coefficient (Wildman–Crippen LogP) is 7.88. The molecule has 6 nitrogen and oxygen atoms in total. The molecule has 2 heterocycles. The molecule has 1 aliphatic rings. The van der Waals surface area contributed by atoms with E-state index in [0.29, 0.717) is 60.8 Å². The fourth-order valence-corrected chi connectivity index (χ4v) is 6.14. The summed E-state index contributed by atoms with van der Waals surface area (Å²) >= 11 is 1.35.